The maximum atomic E-state index is 13.0. The van der Waals surface area contributed by atoms with Crippen LogP contribution in [0.2, 0.25) is 0 Å². The Labute approximate surface area is 106 Å². The highest BCUT2D eigenvalue weighted by atomic mass is 19.2. The molecule has 0 fully saturated rings. The molecule has 1 aromatic carbocycles. The molecule has 0 aromatic heterocycles. The fraction of sp³-hybridized carbons (Fsp3) is 0.571. The van der Waals surface area contributed by atoms with Crippen LogP contribution in [0.25, 0.3) is 0 Å². The summed E-state index contributed by atoms with van der Waals surface area (Å²) < 4.78 is 38.7. The van der Waals surface area contributed by atoms with E-state index in [0.717, 1.165) is 18.7 Å². The number of nitrogens with one attached hydrogen (secondary N) is 1. The average Bonchev–Trinajstić information content (AvgIpc) is 2.25. The van der Waals surface area contributed by atoms with Crippen molar-refractivity contribution in [3.8, 4) is 0 Å². The Kier molecular flexibility index (Phi) is 4.79. The Balaban J connectivity index is 2.60. The molecule has 1 aromatic rings. The van der Waals surface area contributed by atoms with Gasteiger partial charge in [0.1, 0.15) is 0 Å². The van der Waals surface area contributed by atoms with E-state index >= 15 is 0 Å². The molecule has 0 heterocycles. The van der Waals surface area contributed by atoms with E-state index in [1.54, 1.807) is 0 Å². The summed E-state index contributed by atoms with van der Waals surface area (Å²) in [5.41, 5.74) is 0.503. The molecule has 0 saturated carbocycles. The van der Waals surface area contributed by atoms with Gasteiger partial charge in [-0.05, 0) is 29.0 Å². The number of hydrogen-bond donors (Lipinski definition) is 1. The SMILES string of the molecule is CC(C)C(C)(C)CNCc1cc(F)c(F)c(F)c1. The molecule has 1 nitrogen and oxygen atoms in total. The van der Waals surface area contributed by atoms with Crippen molar-refractivity contribution < 1.29 is 13.2 Å². The van der Waals surface area contributed by atoms with Crippen LogP contribution in [-0.4, -0.2) is 6.54 Å². The number of rotatable bonds is 5. The lowest BCUT2D eigenvalue weighted by atomic mass is 9.81. The predicted octanol–water partition coefficient (Wildman–Crippen LogP) is 3.88. The molecule has 0 amide bonds. The van der Waals surface area contributed by atoms with Crippen molar-refractivity contribution in [1.29, 1.82) is 0 Å². The number of benzene rings is 1. The molecule has 0 unspecified atom stereocenters. The van der Waals surface area contributed by atoms with E-state index in [9.17, 15) is 13.2 Å². The summed E-state index contributed by atoms with van der Waals surface area (Å²) in [7, 11) is 0. The average molecular weight is 259 g/mol. The minimum absolute atomic E-state index is 0.0944. The molecule has 18 heavy (non-hydrogen) atoms. The van der Waals surface area contributed by atoms with Crippen molar-refractivity contribution in [2.75, 3.05) is 6.54 Å². The van der Waals surface area contributed by atoms with E-state index in [0.29, 0.717) is 18.0 Å². The van der Waals surface area contributed by atoms with Crippen molar-refractivity contribution in [1.82, 2.24) is 5.32 Å². The molecule has 0 aliphatic rings. The molecule has 0 radical (unpaired) electrons. The molecule has 0 spiro atoms. The smallest absolute Gasteiger partial charge is 0.194 e. The van der Waals surface area contributed by atoms with Crippen LogP contribution in [-0.2, 0) is 6.54 Å². The van der Waals surface area contributed by atoms with Gasteiger partial charge in [-0.1, -0.05) is 27.7 Å². The van der Waals surface area contributed by atoms with Crippen LogP contribution in [0.5, 0.6) is 0 Å². The minimum Gasteiger partial charge on any atom is -0.312 e. The van der Waals surface area contributed by atoms with Gasteiger partial charge in [-0.3, -0.25) is 0 Å². The summed E-state index contributed by atoms with van der Waals surface area (Å²) in [5, 5.41) is 3.14. The lowest BCUT2D eigenvalue weighted by Crippen LogP contribution is -2.33. The van der Waals surface area contributed by atoms with Crippen molar-refractivity contribution in [2.45, 2.75) is 34.2 Å². The third-order valence-electron chi connectivity index (χ3n) is 3.52. The van der Waals surface area contributed by atoms with E-state index in [1.165, 1.54) is 0 Å². The quantitative estimate of drug-likeness (QED) is 0.791. The van der Waals surface area contributed by atoms with Crippen LogP contribution in [0.3, 0.4) is 0 Å². The van der Waals surface area contributed by atoms with E-state index < -0.39 is 17.5 Å². The van der Waals surface area contributed by atoms with Crippen LogP contribution in [0.4, 0.5) is 13.2 Å². The topological polar surface area (TPSA) is 12.0 Å². The largest absolute Gasteiger partial charge is 0.312 e. The Hall–Kier alpha value is -1.03. The molecule has 0 saturated heterocycles. The Morgan fingerprint density at radius 2 is 1.61 bits per heavy atom. The van der Waals surface area contributed by atoms with Gasteiger partial charge in [-0.25, -0.2) is 13.2 Å². The normalized spacial score (nSPS) is 12.2. The summed E-state index contributed by atoms with van der Waals surface area (Å²) in [4.78, 5) is 0. The first kappa shape index (κ1) is 15.0. The van der Waals surface area contributed by atoms with Crippen LogP contribution >= 0.6 is 0 Å². The summed E-state index contributed by atoms with van der Waals surface area (Å²) in [5.74, 6) is -3.21. The highest BCUT2D eigenvalue weighted by Crippen LogP contribution is 2.24. The molecule has 0 aliphatic heterocycles. The van der Waals surface area contributed by atoms with Crippen LogP contribution in [0, 0.1) is 28.8 Å². The molecule has 0 atom stereocenters. The van der Waals surface area contributed by atoms with Crippen molar-refractivity contribution >= 4 is 0 Å². The number of halogens is 3. The van der Waals surface area contributed by atoms with Crippen LogP contribution < -0.4 is 5.32 Å². The highest BCUT2D eigenvalue weighted by molar-refractivity contribution is 5.19. The zero-order valence-corrected chi connectivity index (χ0v) is 11.3. The van der Waals surface area contributed by atoms with Crippen molar-refractivity contribution in [3.63, 3.8) is 0 Å². The second-order valence-corrected chi connectivity index (χ2v) is 5.62. The monoisotopic (exact) mass is 259 g/mol. The third-order valence-corrected chi connectivity index (χ3v) is 3.52. The predicted molar refractivity (Wildman–Crippen MR) is 66.6 cm³/mol. The Morgan fingerprint density at radius 3 is 2.06 bits per heavy atom. The maximum absolute atomic E-state index is 13.0. The second-order valence-electron chi connectivity index (χ2n) is 5.62. The molecule has 0 bridgehead atoms. The van der Waals surface area contributed by atoms with Gasteiger partial charge in [0.15, 0.2) is 17.5 Å². The Morgan fingerprint density at radius 1 is 1.11 bits per heavy atom. The van der Waals surface area contributed by atoms with Gasteiger partial charge >= 0.3 is 0 Å². The summed E-state index contributed by atoms with van der Waals surface area (Å²) in [6.07, 6.45) is 0. The molecule has 1 N–H and O–H groups in total. The van der Waals surface area contributed by atoms with Gasteiger partial charge in [0.25, 0.3) is 0 Å². The second kappa shape index (κ2) is 5.74. The van der Waals surface area contributed by atoms with Gasteiger partial charge < -0.3 is 5.32 Å². The van der Waals surface area contributed by atoms with Gasteiger partial charge in [0.05, 0.1) is 0 Å². The van der Waals surface area contributed by atoms with Crippen molar-refractivity contribution in [2.24, 2.45) is 11.3 Å². The molecular formula is C14H20F3N. The first-order valence-corrected chi connectivity index (χ1v) is 6.08. The molecule has 0 aliphatic carbocycles. The Bertz CT molecular complexity index is 390. The van der Waals surface area contributed by atoms with Gasteiger partial charge in [-0.2, -0.15) is 0 Å². The molecule has 102 valence electrons. The third kappa shape index (κ3) is 3.73. The molecular weight excluding hydrogens is 239 g/mol. The van der Waals surface area contributed by atoms with Gasteiger partial charge in [-0.15, -0.1) is 0 Å². The zero-order chi connectivity index (χ0) is 13.9. The summed E-state index contributed by atoms with van der Waals surface area (Å²) in [6, 6.07) is 2.04. The van der Waals surface area contributed by atoms with Crippen molar-refractivity contribution in [3.05, 3.63) is 35.1 Å². The zero-order valence-electron chi connectivity index (χ0n) is 11.3. The van der Waals surface area contributed by atoms with Crippen LogP contribution in [0.1, 0.15) is 33.3 Å². The number of hydrogen-bond acceptors (Lipinski definition) is 1. The van der Waals surface area contributed by atoms with E-state index in [4.69, 9.17) is 0 Å². The minimum atomic E-state index is -1.42. The first-order chi connectivity index (χ1) is 8.24. The standard InChI is InChI=1S/C14H20F3N/c1-9(2)14(3,4)8-18-7-10-5-11(15)13(17)12(16)6-10/h5-6,9,18H,7-8H2,1-4H3. The lowest BCUT2D eigenvalue weighted by molar-refractivity contribution is 0.238. The maximum Gasteiger partial charge on any atom is 0.194 e. The van der Waals surface area contributed by atoms with Gasteiger partial charge in [0, 0.05) is 13.1 Å². The fourth-order valence-corrected chi connectivity index (χ4v) is 1.44. The van der Waals surface area contributed by atoms with E-state index in [2.05, 4.69) is 33.0 Å². The highest BCUT2D eigenvalue weighted by Gasteiger charge is 2.21. The summed E-state index contributed by atoms with van der Waals surface area (Å²) in [6.45, 7) is 9.54. The molecule has 1 rings (SSSR count). The van der Waals surface area contributed by atoms with Gasteiger partial charge in [0.2, 0.25) is 0 Å². The first-order valence-electron chi connectivity index (χ1n) is 6.08. The van der Waals surface area contributed by atoms with E-state index in [1.807, 2.05) is 0 Å². The van der Waals surface area contributed by atoms with E-state index in [-0.39, 0.29) is 5.41 Å². The fourth-order valence-electron chi connectivity index (χ4n) is 1.44. The van der Waals surface area contributed by atoms with Crippen LogP contribution in [0.15, 0.2) is 12.1 Å². The summed E-state index contributed by atoms with van der Waals surface area (Å²) >= 11 is 0. The lowest BCUT2D eigenvalue weighted by Gasteiger charge is -2.29. The molecule has 4 heteroatoms.